The number of aryl methyl sites for hydroxylation is 1. The van der Waals surface area contributed by atoms with Crippen LogP contribution in [0.1, 0.15) is 78.4 Å². The third-order valence-corrected chi connectivity index (χ3v) is 7.26. The van der Waals surface area contributed by atoms with Crippen LogP contribution < -0.4 is 5.32 Å². The summed E-state index contributed by atoms with van der Waals surface area (Å²) in [5.74, 6) is -0.406. The lowest BCUT2D eigenvalue weighted by molar-refractivity contribution is -0.139. The molecule has 5 nitrogen and oxygen atoms in total. The van der Waals surface area contributed by atoms with Crippen molar-refractivity contribution in [1.29, 1.82) is 0 Å². The first kappa shape index (κ1) is 24.6. The molecule has 1 aromatic rings. The standard InChI is InChI=1S/C26H37ClN2O3/c1-16(2)21-15-29(20-11-17(12-20)13-23(30)31)24(32)28-26(21,6)19-8-7-18(22(27)14-19)9-10-25(3,4)5/h7-8,14-17,20H,9-13H2,1-6H3,(H,28,32)(H,30,31)/t17-,20-,26-/m0/s1. The Hall–Kier alpha value is -2.01. The van der Waals surface area contributed by atoms with E-state index in [1.165, 1.54) is 0 Å². The van der Waals surface area contributed by atoms with E-state index in [0.717, 1.165) is 47.4 Å². The molecular weight excluding hydrogens is 424 g/mol. The maximum Gasteiger partial charge on any atom is 0.322 e. The van der Waals surface area contributed by atoms with Crippen molar-refractivity contribution in [2.45, 2.75) is 85.2 Å². The van der Waals surface area contributed by atoms with Crippen molar-refractivity contribution in [1.82, 2.24) is 10.2 Å². The number of carboxylic acids is 1. The molecule has 1 aromatic carbocycles. The molecule has 1 heterocycles. The smallest absolute Gasteiger partial charge is 0.322 e. The highest BCUT2D eigenvalue weighted by atomic mass is 35.5. The minimum Gasteiger partial charge on any atom is -0.481 e. The number of benzene rings is 1. The van der Waals surface area contributed by atoms with Gasteiger partial charge in [0.15, 0.2) is 0 Å². The van der Waals surface area contributed by atoms with Gasteiger partial charge in [0.05, 0.1) is 5.54 Å². The summed E-state index contributed by atoms with van der Waals surface area (Å²) in [5.41, 5.74) is 2.84. The van der Waals surface area contributed by atoms with Crippen molar-refractivity contribution in [2.75, 3.05) is 0 Å². The van der Waals surface area contributed by atoms with E-state index >= 15 is 0 Å². The lowest BCUT2D eigenvalue weighted by atomic mass is 9.75. The van der Waals surface area contributed by atoms with Crippen molar-refractivity contribution in [3.05, 3.63) is 46.1 Å². The first-order valence-corrected chi connectivity index (χ1v) is 12.0. The topological polar surface area (TPSA) is 69.6 Å². The molecule has 0 spiro atoms. The van der Waals surface area contributed by atoms with Gasteiger partial charge in [-0.25, -0.2) is 4.79 Å². The van der Waals surface area contributed by atoms with Crippen LogP contribution in [0.4, 0.5) is 4.79 Å². The second-order valence-electron chi connectivity index (χ2n) is 11.2. The van der Waals surface area contributed by atoms with Crippen LogP contribution in [0.25, 0.3) is 0 Å². The molecule has 0 bridgehead atoms. The third kappa shape index (κ3) is 5.31. The predicted molar refractivity (Wildman–Crippen MR) is 129 cm³/mol. The number of carbonyl (C=O) groups excluding carboxylic acids is 1. The van der Waals surface area contributed by atoms with Crippen molar-refractivity contribution in [3.63, 3.8) is 0 Å². The van der Waals surface area contributed by atoms with Gasteiger partial charge in [0.2, 0.25) is 0 Å². The fourth-order valence-electron chi connectivity index (χ4n) is 4.84. The van der Waals surface area contributed by atoms with Gasteiger partial charge in [-0.05, 0) is 72.6 Å². The average Bonchev–Trinajstić information content (AvgIpc) is 2.62. The van der Waals surface area contributed by atoms with Crippen LogP contribution in [0.2, 0.25) is 5.02 Å². The molecule has 1 saturated carbocycles. The molecule has 2 N–H and O–H groups in total. The second kappa shape index (κ2) is 9.09. The summed E-state index contributed by atoms with van der Waals surface area (Å²) in [5, 5.41) is 13.0. The van der Waals surface area contributed by atoms with Crippen molar-refractivity contribution >= 4 is 23.6 Å². The highest BCUT2D eigenvalue weighted by Crippen LogP contribution is 2.42. The Morgan fingerprint density at radius 1 is 1.31 bits per heavy atom. The van der Waals surface area contributed by atoms with Crippen molar-refractivity contribution in [2.24, 2.45) is 17.3 Å². The number of nitrogens with zero attached hydrogens (tertiary/aromatic N) is 1. The molecule has 0 aromatic heterocycles. The SMILES string of the molecule is CC(C)C1=CN([C@H]2C[C@H](CC(=O)O)C2)C(=O)N[C@@]1(C)c1ccc(CCC(C)(C)C)c(Cl)c1. The minimum absolute atomic E-state index is 0.0565. The highest BCUT2D eigenvalue weighted by molar-refractivity contribution is 6.31. The maximum atomic E-state index is 13.1. The number of carbonyl (C=O) groups is 2. The summed E-state index contributed by atoms with van der Waals surface area (Å²) in [6.07, 6.45) is 5.60. The Labute approximate surface area is 197 Å². The fourth-order valence-corrected chi connectivity index (χ4v) is 5.11. The zero-order chi connectivity index (χ0) is 23.8. The summed E-state index contributed by atoms with van der Waals surface area (Å²) in [6, 6.07) is 6.10. The molecule has 2 amide bonds. The van der Waals surface area contributed by atoms with Crippen LogP contribution >= 0.6 is 11.6 Å². The zero-order valence-electron chi connectivity index (χ0n) is 20.2. The molecule has 1 aliphatic carbocycles. The van der Waals surface area contributed by atoms with Gasteiger partial charge in [0, 0.05) is 23.7 Å². The summed E-state index contributed by atoms with van der Waals surface area (Å²) in [4.78, 5) is 25.8. The van der Waals surface area contributed by atoms with E-state index in [1.807, 2.05) is 19.2 Å². The first-order chi connectivity index (χ1) is 14.8. The van der Waals surface area contributed by atoms with E-state index in [2.05, 4.69) is 52.1 Å². The van der Waals surface area contributed by atoms with Gasteiger partial charge in [-0.2, -0.15) is 0 Å². The van der Waals surface area contributed by atoms with Crippen LogP contribution in [0, 0.1) is 17.3 Å². The number of halogens is 1. The number of rotatable bonds is 7. The van der Waals surface area contributed by atoms with Crippen LogP contribution in [0.5, 0.6) is 0 Å². The molecule has 2 aliphatic rings. The zero-order valence-corrected chi connectivity index (χ0v) is 20.9. The molecule has 1 fully saturated rings. The van der Waals surface area contributed by atoms with Gasteiger partial charge in [-0.15, -0.1) is 0 Å². The third-order valence-electron chi connectivity index (χ3n) is 6.91. The molecule has 0 saturated heterocycles. The Kier molecular flexibility index (Phi) is 6.99. The molecular formula is C26H37ClN2O3. The number of amides is 2. The monoisotopic (exact) mass is 460 g/mol. The summed E-state index contributed by atoms with van der Waals surface area (Å²) < 4.78 is 0. The normalized spacial score (nSPS) is 25.9. The number of hydrogen-bond donors (Lipinski definition) is 2. The van der Waals surface area contributed by atoms with Gasteiger partial charge < -0.3 is 10.4 Å². The molecule has 6 heteroatoms. The molecule has 32 heavy (non-hydrogen) atoms. The Morgan fingerprint density at radius 2 is 1.97 bits per heavy atom. The van der Waals surface area contributed by atoms with E-state index in [4.69, 9.17) is 16.7 Å². The quantitative estimate of drug-likeness (QED) is 0.497. The molecule has 1 atom stereocenters. The van der Waals surface area contributed by atoms with Crippen molar-refractivity contribution < 1.29 is 14.7 Å². The molecule has 0 unspecified atom stereocenters. The lowest BCUT2D eigenvalue weighted by Crippen LogP contribution is -2.58. The molecule has 176 valence electrons. The van der Waals surface area contributed by atoms with Crippen LogP contribution in [-0.4, -0.2) is 28.0 Å². The average molecular weight is 461 g/mol. The van der Waals surface area contributed by atoms with Crippen LogP contribution in [-0.2, 0) is 16.8 Å². The number of hydrogen-bond acceptors (Lipinski definition) is 2. The first-order valence-electron chi connectivity index (χ1n) is 11.6. The van der Waals surface area contributed by atoms with E-state index in [-0.39, 0.29) is 35.7 Å². The number of aliphatic carboxylic acids is 1. The molecule has 1 aliphatic heterocycles. The van der Waals surface area contributed by atoms with Gasteiger partial charge in [0.1, 0.15) is 0 Å². The second-order valence-corrected chi connectivity index (χ2v) is 11.6. The number of urea groups is 1. The van der Waals surface area contributed by atoms with E-state index < -0.39 is 11.5 Å². The summed E-state index contributed by atoms with van der Waals surface area (Å²) in [7, 11) is 0. The van der Waals surface area contributed by atoms with E-state index in [0.29, 0.717) is 0 Å². The molecule has 3 rings (SSSR count). The lowest BCUT2D eigenvalue weighted by Gasteiger charge is -2.48. The predicted octanol–water partition coefficient (Wildman–Crippen LogP) is 6.35. The Bertz CT molecular complexity index is 912. The Balaban J connectivity index is 1.84. The van der Waals surface area contributed by atoms with Gasteiger partial charge in [0.25, 0.3) is 0 Å². The fraction of sp³-hybridized carbons (Fsp3) is 0.615. The number of nitrogens with one attached hydrogen (secondary N) is 1. The van der Waals surface area contributed by atoms with Gasteiger partial charge in [-0.1, -0.05) is 58.4 Å². The van der Waals surface area contributed by atoms with Gasteiger partial charge >= 0.3 is 12.0 Å². The minimum atomic E-state index is -0.773. The largest absolute Gasteiger partial charge is 0.481 e. The summed E-state index contributed by atoms with van der Waals surface area (Å²) in [6.45, 7) is 13.0. The van der Waals surface area contributed by atoms with Crippen molar-refractivity contribution in [3.8, 4) is 0 Å². The van der Waals surface area contributed by atoms with Gasteiger partial charge in [-0.3, -0.25) is 9.69 Å². The molecule has 0 radical (unpaired) electrons. The maximum absolute atomic E-state index is 13.1. The van der Waals surface area contributed by atoms with E-state index in [1.54, 1.807) is 4.90 Å². The highest BCUT2D eigenvalue weighted by Gasteiger charge is 2.44. The number of carboxylic acid groups (broad SMARTS) is 1. The summed E-state index contributed by atoms with van der Waals surface area (Å²) >= 11 is 6.68. The van der Waals surface area contributed by atoms with Crippen LogP contribution in [0.3, 0.4) is 0 Å². The van der Waals surface area contributed by atoms with Crippen LogP contribution in [0.15, 0.2) is 30.0 Å². The van der Waals surface area contributed by atoms with E-state index in [9.17, 15) is 9.59 Å². The Morgan fingerprint density at radius 3 is 2.50 bits per heavy atom.